The number of nitrogens with two attached hydrogens (primary N) is 1. The maximum Gasteiger partial charge on any atom is 0.303 e. The Bertz CT molecular complexity index is 375. The first-order valence-electron chi connectivity index (χ1n) is 5.12. The van der Waals surface area contributed by atoms with Gasteiger partial charge in [0.05, 0.1) is 6.42 Å². The molecule has 1 aromatic carbocycles. The molecule has 0 spiro atoms. The first kappa shape index (κ1) is 9.71. The Morgan fingerprint density at radius 3 is 2.40 bits per heavy atom. The zero-order chi connectivity index (χ0) is 12.0. The average Bonchev–Trinajstić information content (AvgIpc) is 2.28. The summed E-state index contributed by atoms with van der Waals surface area (Å²) in [5.74, 6) is -1.18. The molecule has 0 aliphatic carbocycles. The van der Waals surface area contributed by atoms with E-state index in [1.165, 1.54) is 0 Å². The predicted octanol–water partition coefficient (Wildman–Crippen LogP) is 0.732. The first-order chi connectivity index (χ1) is 7.61. The minimum Gasteiger partial charge on any atom is -0.481 e. The van der Waals surface area contributed by atoms with Crippen LogP contribution in [0.4, 0.5) is 0 Å². The van der Waals surface area contributed by atoms with Crippen molar-refractivity contribution < 1.29 is 16.1 Å². The Hall–Kier alpha value is -1.84. The summed E-state index contributed by atoms with van der Waals surface area (Å²) >= 11 is 0. The van der Waals surface area contributed by atoms with E-state index in [4.69, 9.17) is 6.52 Å². The number of carbonyl (C=O) groups is 2. The molecule has 0 aliphatic rings. The number of carbonyl (C=O) groups excluding carboxylic acids is 1. The van der Waals surface area contributed by atoms with Crippen LogP contribution in [0.3, 0.4) is 0 Å². The summed E-state index contributed by atoms with van der Waals surface area (Å²) in [4.78, 5) is 21.3. The SMILES string of the molecule is [2H]NC(=O)Cc1ccc(CCC(=O)O)cc1. The fourth-order valence-corrected chi connectivity index (χ4v) is 1.26. The third-order valence-corrected chi connectivity index (χ3v) is 2.02. The lowest BCUT2D eigenvalue weighted by Gasteiger charge is -2.01. The quantitative estimate of drug-likeness (QED) is 0.748. The number of aliphatic carboxylic acids is 1. The fraction of sp³-hybridized carbons (Fsp3) is 0.273. The molecule has 0 aromatic heterocycles. The van der Waals surface area contributed by atoms with Gasteiger partial charge in [0.15, 0.2) is 1.41 Å². The van der Waals surface area contributed by atoms with Gasteiger partial charge in [-0.15, -0.1) is 0 Å². The Morgan fingerprint density at radius 2 is 1.87 bits per heavy atom. The highest BCUT2D eigenvalue weighted by molar-refractivity contribution is 5.76. The molecule has 0 atom stereocenters. The third kappa shape index (κ3) is 4.26. The molecular weight excluding hydrogens is 194 g/mol. The Labute approximate surface area is 89.2 Å². The molecule has 1 rings (SSSR count). The number of benzene rings is 1. The molecule has 3 N–H and O–H groups in total. The summed E-state index contributed by atoms with van der Waals surface area (Å²) in [5, 5.41) is 8.51. The van der Waals surface area contributed by atoms with Crippen LogP contribution in [0.15, 0.2) is 24.3 Å². The van der Waals surface area contributed by atoms with Crippen LogP contribution in [0.5, 0.6) is 0 Å². The highest BCUT2D eigenvalue weighted by atomic mass is 16.4. The molecule has 0 aliphatic heterocycles. The second kappa shape index (κ2) is 5.14. The number of carboxylic acid groups (broad SMARTS) is 1. The number of primary amides is 1. The molecule has 15 heavy (non-hydrogen) atoms. The Morgan fingerprint density at radius 1 is 1.27 bits per heavy atom. The van der Waals surface area contributed by atoms with Gasteiger partial charge in [0, 0.05) is 6.42 Å². The smallest absolute Gasteiger partial charge is 0.303 e. The molecule has 0 saturated carbocycles. The first-order valence-corrected chi connectivity index (χ1v) is 4.62. The molecule has 0 saturated heterocycles. The lowest BCUT2D eigenvalue weighted by atomic mass is 10.1. The summed E-state index contributed by atoms with van der Waals surface area (Å²) in [6.07, 6.45) is 0.759. The van der Waals surface area contributed by atoms with Gasteiger partial charge in [-0.25, -0.2) is 0 Å². The van der Waals surface area contributed by atoms with Crippen molar-refractivity contribution in [2.75, 3.05) is 0 Å². The van der Waals surface area contributed by atoms with E-state index in [1.54, 1.807) is 30.0 Å². The van der Waals surface area contributed by atoms with E-state index in [-0.39, 0.29) is 18.7 Å². The van der Waals surface area contributed by atoms with Crippen LogP contribution >= 0.6 is 0 Å². The van der Waals surface area contributed by atoms with E-state index >= 15 is 0 Å². The number of aryl methyl sites for hydroxylation is 1. The third-order valence-electron chi connectivity index (χ3n) is 2.02. The molecule has 4 heteroatoms. The normalized spacial score (nSPS) is 10.5. The zero-order valence-corrected chi connectivity index (χ0v) is 8.19. The van der Waals surface area contributed by atoms with Crippen molar-refractivity contribution in [3.8, 4) is 0 Å². The highest BCUT2D eigenvalue weighted by Gasteiger charge is 2.01. The van der Waals surface area contributed by atoms with Crippen molar-refractivity contribution >= 4 is 11.9 Å². The maximum absolute atomic E-state index is 10.9. The van der Waals surface area contributed by atoms with Crippen LogP contribution < -0.4 is 5.73 Å². The number of amides is 1. The zero-order valence-electron chi connectivity index (χ0n) is 9.19. The van der Waals surface area contributed by atoms with Gasteiger partial charge in [-0.05, 0) is 17.5 Å². The summed E-state index contributed by atoms with van der Waals surface area (Å²) in [5.41, 5.74) is 3.54. The molecule has 80 valence electrons. The minimum atomic E-state index is -0.822. The van der Waals surface area contributed by atoms with Crippen molar-refractivity contribution in [2.45, 2.75) is 19.3 Å². The van der Waals surface area contributed by atoms with Gasteiger partial charge in [-0.1, -0.05) is 24.3 Å². The molecule has 1 aromatic rings. The van der Waals surface area contributed by atoms with E-state index in [9.17, 15) is 9.59 Å². The summed E-state index contributed by atoms with van der Waals surface area (Å²) in [6.45, 7) is 0. The summed E-state index contributed by atoms with van der Waals surface area (Å²) in [7, 11) is 0. The van der Waals surface area contributed by atoms with Gasteiger partial charge >= 0.3 is 5.97 Å². The van der Waals surface area contributed by atoms with E-state index in [0.29, 0.717) is 6.42 Å². The van der Waals surface area contributed by atoms with E-state index in [1.807, 2.05) is 0 Å². The number of hydrogen-bond donors (Lipinski definition) is 2. The molecule has 0 radical (unpaired) electrons. The van der Waals surface area contributed by atoms with Gasteiger partial charge in [0.25, 0.3) is 0 Å². The summed E-state index contributed by atoms with van der Waals surface area (Å²) in [6, 6.07) is 7.14. The standard InChI is InChI=1S/C11H13NO3/c12-10(13)7-9-3-1-8(2-4-9)5-6-11(14)15/h1-4H,5-7H2,(H2,12,13)(H,14,15)/i/hD. The maximum atomic E-state index is 10.9. The molecule has 0 unspecified atom stereocenters. The van der Waals surface area contributed by atoms with Crippen LogP contribution in [-0.2, 0) is 22.4 Å². The molecule has 0 fully saturated rings. The van der Waals surface area contributed by atoms with Crippen LogP contribution in [0, 0.1) is 0 Å². The predicted molar refractivity (Wildman–Crippen MR) is 55.3 cm³/mol. The molecule has 0 bridgehead atoms. The van der Waals surface area contributed by atoms with Gasteiger partial charge < -0.3 is 10.8 Å². The van der Waals surface area contributed by atoms with Gasteiger partial charge in [0.2, 0.25) is 5.91 Å². The number of rotatable bonds is 5. The second-order valence-electron chi connectivity index (χ2n) is 3.31. The molecular formula is C11H13NO3. The molecule has 4 nitrogen and oxygen atoms in total. The lowest BCUT2D eigenvalue weighted by molar-refractivity contribution is -0.137. The van der Waals surface area contributed by atoms with Crippen LogP contribution in [0.1, 0.15) is 17.5 Å². The lowest BCUT2D eigenvalue weighted by Crippen LogP contribution is -2.13. The van der Waals surface area contributed by atoms with E-state index in [2.05, 4.69) is 0 Å². The topological polar surface area (TPSA) is 80.4 Å². The van der Waals surface area contributed by atoms with Crippen LogP contribution in [-0.4, -0.2) is 17.0 Å². The van der Waals surface area contributed by atoms with Crippen molar-refractivity contribution in [3.63, 3.8) is 0 Å². The number of carboxylic acids is 1. The van der Waals surface area contributed by atoms with E-state index in [0.717, 1.165) is 11.1 Å². The van der Waals surface area contributed by atoms with Gasteiger partial charge in [0.1, 0.15) is 0 Å². The van der Waals surface area contributed by atoms with Gasteiger partial charge in [-0.3, -0.25) is 9.59 Å². The van der Waals surface area contributed by atoms with Gasteiger partial charge in [-0.2, -0.15) is 0 Å². The fourth-order valence-electron chi connectivity index (χ4n) is 1.26. The van der Waals surface area contributed by atoms with Crippen LogP contribution in [0.25, 0.3) is 0 Å². The Balaban J connectivity index is 2.54. The van der Waals surface area contributed by atoms with Crippen molar-refractivity contribution in [1.82, 2.24) is 0 Å². The van der Waals surface area contributed by atoms with Crippen molar-refractivity contribution in [1.29, 1.82) is 0 Å². The minimum absolute atomic E-state index is 0.104. The highest BCUT2D eigenvalue weighted by Crippen LogP contribution is 2.07. The average molecular weight is 208 g/mol. The van der Waals surface area contributed by atoms with Crippen molar-refractivity contribution in [3.05, 3.63) is 35.4 Å². The van der Waals surface area contributed by atoms with Crippen LogP contribution in [0.2, 0.25) is 1.41 Å². The Kier molecular flexibility index (Phi) is 3.33. The van der Waals surface area contributed by atoms with Crippen molar-refractivity contribution in [2.24, 2.45) is 5.73 Å². The largest absolute Gasteiger partial charge is 0.481 e. The number of hydrogen-bond acceptors (Lipinski definition) is 2. The summed E-state index contributed by atoms with van der Waals surface area (Å²) < 4.78 is 6.65. The van der Waals surface area contributed by atoms with E-state index < -0.39 is 5.97 Å². The second-order valence-corrected chi connectivity index (χ2v) is 3.31. The monoisotopic (exact) mass is 208 g/mol. The molecule has 1 amide bonds. The molecule has 0 heterocycles.